The predicted octanol–water partition coefficient (Wildman–Crippen LogP) is 7.84. The second kappa shape index (κ2) is 3.97. The molecule has 25 heavy (non-hydrogen) atoms. The zero-order valence-electron chi connectivity index (χ0n) is 16.6. The zero-order chi connectivity index (χ0) is 18.4. The van der Waals surface area contributed by atoms with Crippen molar-refractivity contribution in [3.63, 3.8) is 0 Å². The first-order chi connectivity index (χ1) is 11.2. The van der Waals surface area contributed by atoms with E-state index in [-0.39, 0.29) is 0 Å². The third-order valence-electron chi connectivity index (χ3n) is 7.20. The van der Waals surface area contributed by atoms with E-state index in [0.29, 0.717) is 4.22 Å². The number of benzene rings is 2. The van der Waals surface area contributed by atoms with Gasteiger partial charge in [0.2, 0.25) is 0 Å². The molecule has 0 bridgehead atoms. The summed E-state index contributed by atoms with van der Waals surface area (Å²) in [7, 11) is 0. The van der Waals surface area contributed by atoms with E-state index in [1.807, 2.05) is 0 Å². The van der Waals surface area contributed by atoms with Gasteiger partial charge in [0, 0.05) is 0 Å². The zero-order valence-corrected chi connectivity index (χ0v) is 18.1. The molecule has 2 aromatic rings. The van der Waals surface area contributed by atoms with Crippen LogP contribution in [0.3, 0.4) is 0 Å². The van der Waals surface area contributed by atoms with E-state index < -0.39 is 11.5 Å². The van der Waals surface area contributed by atoms with Gasteiger partial charge in [-0.05, 0) is 0 Å². The molecule has 0 saturated heterocycles. The molecule has 0 N–H and O–H groups in total. The van der Waals surface area contributed by atoms with Crippen molar-refractivity contribution in [2.24, 2.45) is 0 Å². The summed E-state index contributed by atoms with van der Waals surface area (Å²) in [5.74, 6) is 0. The van der Waals surface area contributed by atoms with Crippen molar-refractivity contribution in [3.8, 4) is 0 Å². The summed E-state index contributed by atoms with van der Waals surface area (Å²) in [5, 5.41) is 13.3. The summed E-state index contributed by atoms with van der Waals surface area (Å²) in [4.78, 5) is 0. The van der Waals surface area contributed by atoms with E-state index in [2.05, 4.69) is 111 Å². The van der Waals surface area contributed by atoms with Crippen LogP contribution >= 0.6 is 0 Å². The van der Waals surface area contributed by atoms with Crippen LogP contribution < -0.4 is 0 Å². The van der Waals surface area contributed by atoms with E-state index in [1.54, 1.807) is 0 Å². The van der Waals surface area contributed by atoms with Crippen LogP contribution in [0.1, 0.15) is 11.1 Å². The normalized spacial score (nSPS) is 21.2. The van der Waals surface area contributed by atoms with Gasteiger partial charge in [0.15, 0.2) is 0 Å². The standard InChI is InChI=1S/2C7H7.C5H5.5CH3.Ti/c2*1-7-5-3-2-4-6-7;1-2-4-5-3-1;;;;;;/h2*2-6H,1H2;1-5H;5*1H3;. The molecular weight excluding hydrogens is 336 g/mol. The van der Waals surface area contributed by atoms with Crippen molar-refractivity contribution >= 4 is 0 Å². The Morgan fingerprint density at radius 2 is 0.960 bits per heavy atom. The van der Waals surface area contributed by atoms with Crippen molar-refractivity contribution in [2.75, 3.05) is 0 Å². The van der Waals surface area contributed by atoms with E-state index >= 15 is 0 Å². The summed E-state index contributed by atoms with van der Waals surface area (Å²) in [5.41, 5.74) is 2.90. The van der Waals surface area contributed by atoms with E-state index in [1.165, 1.54) is 11.1 Å². The summed E-state index contributed by atoms with van der Waals surface area (Å²) in [6, 6.07) is 22.2. The molecule has 2 aromatic carbocycles. The van der Waals surface area contributed by atoms with Crippen LogP contribution in [0.25, 0.3) is 0 Å². The van der Waals surface area contributed by atoms with Crippen molar-refractivity contribution in [1.29, 1.82) is 0 Å². The number of rotatable bonds is 5. The Morgan fingerprint density at radius 1 is 0.600 bits per heavy atom. The second-order valence-electron chi connectivity index (χ2n) is 15.3. The molecule has 1 heteroatoms. The molecule has 0 amide bonds. The minimum absolute atomic E-state index is 0.466. The van der Waals surface area contributed by atoms with Crippen molar-refractivity contribution in [3.05, 3.63) is 96.1 Å². The second-order valence-corrected chi connectivity index (χ2v) is 50.6. The summed E-state index contributed by atoms with van der Waals surface area (Å²) in [6.07, 6.45) is 9.38. The van der Waals surface area contributed by atoms with Gasteiger partial charge in [-0.1, -0.05) is 0 Å². The van der Waals surface area contributed by atoms with E-state index in [4.69, 9.17) is 0 Å². The maximum absolute atomic E-state index is 4.57. The molecule has 0 spiro atoms. The third-order valence-corrected chi connectivity index (χ3v) is 22.7. The number of allylic oxidation sites excluding steroid dienone is 4. The monoisotopic (exact) mass is 370 g/mol. The molecule has 3 rings (SSSR count). The average Bonchev–Trinajstić information content (AvgIpc) is 3.03. The van der Waals surface area contributed by atoms with Gasteiger partial charge in [0.25, 0.3) is 0 Å². The predicted molar refractivity (Wildman–Crippen MR) is 112 cm³/mol. The molecule has 0 fully saturated rings. The molecule has 134 valence electrons. The van der Waals surface area contributed by atoms with Gasteiger partial charge in [-0.15, -0.1) is 0 Å². The first-order valence-corrected chi connectivity index (χ1v) is 20.6. The van der Waals surface area contributed by atoms with Crippen molar-refractivity contribution < 1.29 is 11.5 Å². The van der Waals surface area contributed by atoms with E-state index in [9.17, 15) is 0 Å². The first kappa shape index (κ1) is 18.4. The molecule has 0 aromatic heterocycles. The van der Waals surface area contributed by atoms with E-state index in [0.717, 1.165) is 9.45 Å². The minimum atomic E-state index is -4.57. The fourth-order valence-corrected chi connectivity index (χ4v) is 19.6. The fourth-order valence-electron chi connectivity index (χ4n) is 5.72. The molecule has 0 radical (unpaired) electrons. The molecule has 1 aliphatic carbocycles. The maximum atomic E-state index is 2.66. The molecular formula is C24H34Ti. The third kappa shape index (κ3) is 3.35. The molecule has 0 unspecified atom stereocenters. The van der Waals surface area contributed by atoms with Crippen LogP contribution in [0.5, 0.6) is 0 Å². The fraction of sp³-hybridized carbons (Fsp3) is 0.333. The summed E-state index contributed by atoms with van der Waals surface area (Å²) < 4.78 is 2.72. The van der Waals surface area contributed by atoms with Gasteiger partial charge in [-0.25, -0.2) is 0 Å². The van der Waals surface area contributed by atoms with Crippen LogP contribution in [0.15, 0.2) is 85.0 Å². The Balaban J connectivity index is 2.31. The van der Waals surface area contributed by atoms with Crippen LogP contribution in [0.2, 0.25) is 30.4 Å². The molecule has 1 aliphatic rings. The Kier molecular flexibility index (Phi) is 2.93. The van der Waals surface area contributed by atoms with Crippen molar-refractivity contribution in [2.45, 2.75) is 39.8 Å². The Bertz CT molecular complexity index is 829. The average molecular weight is 370 g/mol. The van der Waals surface area contributed by atoms with Gasteiger partial charge in [0.1, 0.15) is 0 Å². The van der Waals surface area contributed by atoms with Crippen LogP contribution in [0.4, 0.5) is 0 Å². The molecule has 0 heterocycles. The number of hydrogen-bond acceptors (Lipinski definition) is 0. The van der Waals surface area contributed by atoms with Crippen molar-refractivity contribution in [1.82, 2.24) is 0 Å². The molecule has 0 saturated carbocycles. The Morgan fingerprint density at radius 3 is 1.32 bits per heavy atom. The Hall–Kier alpha value is -1.37. The topological polar surface area (TPSA) is 0 Å². The van der Waals surface area contributed by atoms with Gasteiger partial charge in [0.05, 0.1) is 0 Å². The van der Waals surface area contributed by atoms with Gasteiger partial charge < -0.3 is 0 Å². The van der Waals surface area contributed by atoms with Gasteiger partial charge in [-0.3, -0.25) is 0 Å². The summed E-state index contributed by atoms with van der Waals surface area (Å²) >= 11 is -4.57. The van der Waals surface area contributed by atoms with Gasteiger partial charge >= 0.3 is 147 Å². The SMILES string of the molecule is [CH3][Ti]([CH3])([CH3])([CH3])([CH3])([CH2]c1ccccc1)([CH2]c1ccccc1)[CH]1C=CC=C1. The molecule has 0 aliphatic heterocycles. The Labute approximate surface area is 147 Å². The quantitative estimate of drug-likeness (QED) is 0.470. The van der Waals surface area contributed by atoms with Crippen LogP contribution in [-0.2, 0) is 20.9 Å². The van der Waals surface area contributed by atoms with Gasteiger partial charge in [-0.2, -0.15) is 0 Å². The summed E-state index contributed by atoms with van der Waals surface area (Å²) in [6.45, 7) is 0. The molecule has 0 nitrogen and oxygen atoms in total. The molecule has 0 atom stereocenters. The van der Waals surface area contributed by atoms with Crippen LogP contribution in [-0.4, -0.2) is 0 Å². The van der Waals surface area contributed by atoms with Crippen LogP contribution in [0, 0.1) is 0 Å². The first-order valence-electron chi connectivity index (χ1n) is 9.69. The number of hydrogen-bond donors (Lipinski definition) is 0.